The minimum atomic E-state index is -1.43. The molecule has 0 aliphatic heterocycles. The van der Waals surface area contributed by atoms with Crippen molar-refractivity contribution >= 4 is 11.7 Å². The summed E-state index contributed by atoms with van der Waals surface area (Å²) < 4.78 is 0. The van der Waals surface area contributed by atoms with Gasteiger partial charge in [0.15, 0.2) is 5.69 Å². The first kappa shape index (κ1) is 12.6. The molecule has 1 aromatic rings. The summed E-state index contributed by atoms with van der Waals surface area (Å²) in [6, 6.07) is 3.77. The number of quaternary nitrogens is 1. The number of rotatable bonds is 4. The van der Waals surface area contributed by atoms with Gasteiger partial charge in [-0.1, -0.05) is 12.1 Å². The van der Waals surface area contributed by atoms with E-state index in [2.05, 4.69) is 0 Å². The zero-order valence-electron chi connectivity index (χ0n) is 8.20. The van der Waals surface area contributed by atoms with E-state index in [1.807, 2.05) is 0 Å². The van der Waals surface area contributed by atoms with Crippen LogP contribution in [0.4, 0.5) is 5.69 Å². The number of nitrogens with one attached hydrogen (secondary N) is 1. The van der Waals surface area contributed by atoms with Crippen molar-refractivity contribution in [2.45, 2.75) is 12.1 Å². The van der Waals surface area contributed by atoms with Crippen LogP contribution >= 0.6 is 0 Å². The predicted molar refractivity (Wildman–Crippen MR) is 52.8 cm³/mol. The molecule has 0 saturated heterocycles. The van der Waals surface area contributed by atoms with Gasteiger partial charge in [-0.05, 0) is 5.56 Å². The van der Waals surface area contributed by atoms with Crippen molar-refractivity contribution in [3.8, 4) is 0 Å². The van der Waals surface area contributed by atoms with Gasteiger partial charge in [0, 0.05) is 12.1 Å². The third-order valence-electron chi connectivity index (χ3n) is 2.12. The van der Waals surface area contributed by atoms with Crippen molar-refractivity contribution in [2.24, 2.45) is 5.73 Å². The van der Waals surface area contributed by atoms with E-state index in [0.717, 1.165) is 0 Å². The van der Waals surface area contributed by atoms with Gasteiger partial charge in [-0.15, -0.1) is 0 Å². The summed E-state index contributed by atoms with van der Waals surface area (Å²) in [6.45, 7) is 0. The molecule has 0 aliphatic rings. The third-order valence-corrected chi connectivity index (χ3v) is 2.12. The largest absolute Gasteiger partial charge is 0.595 e. The maximum absolute atomic E-state index is 10.5. The number of hydrogen-bond donors (Lipinski definition) is 5. The van der Waals surface area contributed by atoms with E-state index in [1.54, 1.807) is 0 Å². The van der Waals surface area contributed by atoms with Gasteiger partial charge in [0.1, 0.15) is 12.1 Å². The Bertz CT molecular complexity index is 365. The maximum Gasteiger partial charge on any atom is 0.323 e. The first-order valence-corrected chi connectivity index (χ1v) is 4.43. The van der Waals surface area contributed by atoms with Crippen LogP contribution in [0.25, 0.3) is 0 Å². The zero-order valence-corrected chi connectivity index (χ0v) is 8.20. The summed E-state index contributed by atoms with van der Waals surface area (Å²) in [5, 5.41) is 36.2. The van der Waals surface area contributed by atoms with Gasteiger partial charge in [0.05, 0.1) is 0 Å². The Labute approximate surface area is 90.9 Å². The van der Waals surface area contributed by atoms with Crippen molar-refractivity contribution in [3.63, 3.8) is 0 Å². The standard InChI is InChI=1S/C9H12N2O5/c10-7(9(13)14)8(12)5-1-3-6(4-2-5)11(15)16/h1-4,7-8,11-12,15H,10H2,(H,13,14)/t7-,8-/m1/s1. The number of carboxylic acid groups (broad SMARTS) is 1. The fraction of sp³-hybridized carbons (Fsp3) is 0.222. The quantitative estimate of drug-likeness (QED) is 0.400. The summed E-state index contributed by atoms with van der Waals surface area (Å²) in [5.41, 5.74) is 5.54. The lowest BCUT2D eigenvalue weighted by Crippen LogP contribution is -2.99. The number of aliphatic hydroxyl groups excluding tert-OH is 1. The molecule has 88 valence electrons. The second-order valence-electron chi connectivity index (χ2n) is 3.24. The molecule has 0 heterocycles. The molecule has 0 fully saturated rings. The second-order valence-corrected chi connectivity index (χ2v) is 3.24. The van der Waals surface area contributed by atoms with E-state index in [1.165, 1.54) is 24.3 Å². The topological polar surface area (TPSA) is 131 Å². The molecule has 1 rings (SSSR count). The fourth-order valence-electron chi connectivity index (χ4n) is 1.17. The van der Waals surface area contributed by atoms with Crippen LogP contribution in [-0.2, 0) is 4.79 Å². The number of aliphatic carboxylic acids is 1. The van der Waals surface area contributed by atoms with Crippen LogP contribution in [0.1, 0.15) is 11.7 Å². The minimum Gasteiger partial charge on any atom is -0.595 e. The van der Waals surface area contributed by atoms with Gasteiger partial charge in [-0.3, -0.25) is 4.79 Å². The van der Waals surface area contributed by atoms with Gasteiger partial charge < -0.3 is 21.2 Å². The van der Waals surface area contributed by atoms with Gasteiger partial charge in [-0.25, -0.2) is 5.21 Å². The lowest BCUT2D eigenvalue weighted by Gasteiger charge is -2.16. The molecule has 0 amide bonds. The zero-order chi connectivity index (χ0) is 12.3. The molecule has 1 unspecified atom stereocenters. The Hall–Kier alpha value is -1.51. The van der Waals surface area contributed by atoms with Crippen LogP contribution in [0.5, 0.6) is 0 Å². The maximum atomic E-state index is 10.5. The molecule has 0 spiro atoms. The molecule has 6 N–H and O–H groups in total. The van der Waals surface area contributed by atoms with Crippen molar-refractivity contribution in [2.75, 3.05) is 0 Å². The van der Waals surface area contributed by atoms with Crippen molar-refractivity contribution < 1.29 is 25.4 Å². The highest BCUT2D eigenvalue weighted by Crippen LogP contribution is 2.17. The average molecular weight is 228 g/mol. The Morgan fingerprint density at radius 2 is 1.88 bits per heavy atom. The summed E-state index contributed by atoms with van der Waals surface area (Å²) >= 11 is 0. The fourth-order valence-corrected chi connectivity index (χ4v) is 1.17. The molecule has 0 saturated carbocycles. The molecule has 0 aromatic heterocycles. The molecule has 3 atom stereocenters. The lowest BCUT2D eigenvalue weighted by atomic mass is 10.0. The number of benzene rings is 1. The van der Waals surface area contributed by atoms with Crippen LogP contribution in [0.2, 0.25) is 0 Å². The molecule has 1 aromatic carbocycles. The number of carbonyl (C=O) groups is 1. The predicted octanol–water partition coefficient (Wildman–Crippen LogP) is -1.46. The lowest BCUT2D eigenvalue weighted by molar-refractivity contribution is -0.991. The summed E-state index contributed by atoms with van der Waals surface area (Å²) in [7, 11) is 0. The number of aliphatic hydroxyl groups is 1. The van der Waals surface area contributed by atoms with E-state index in [4.69, 9.17) is 16.0 Å². The number of carboxylic acids is 1. The Balaban J connectivity index is 2.85. The van der Waals surface area contributed by atoms with E-state index >= 15 is 0 Å². The Morgan fingerprint density at radius 1 is 1.38 bits per heavy atom. The second kappa shape index (κ2) is 5.01. The van der Waals surface area contributed by atoms with Crippen molar-refractivity contribution in [1.82, 2.24) is 0 Å². The van der Waals surface area contributed by atoms with Crippen molar-refractivity contribution in [1.29, 1.82) is 0 Å². The van der Waals surface area contributed by atoms with Crippen LogP contribution in [0, 0.1) is 5.21 Å². The Morgan fingerprint density at radius 3 is 2.25 bits per heavy atom. The van der Waals surface area contributed by atoms with Crippen molar-refractivity contribution in [3.05, 3.63) is 35.0 Å². The molecule has 0 aliphatic carbocycles. The van der Waals surface area contributed by atoms with E-state index in [0.29, 0.717) is 0 Å². The highest BCUT2D eigenvalue weighted by Gasteiger charge is 2.23. The molecule has 7 nitrogen and oxygen atoms in total. The first-order valence-electron chi connectivity index (χ1n) is 4.43. The van der Waals surface area contributed by atoms with Gasteiger partial charge in [0.2, 0.25) is 0 Å². The van der Waals surface area contributed by atoms with Crippen LogP contribution in [0.3, 0.4) is 0 Å². The summed E-state index contributed by atoms with van der Waals surface area (Å²) in [5.74, 6) is -1.32. The van der Waals surface area contributed by atoms with Crippen LogP contribution < -0.4 is 11.0 Å². The third kappa shape index (κ3) is 2.75. The van der Waals surface area contributed by atoms with Gasteiger partial charge >= 0.3 is 5.97 Å². The highest BCUT2D eigenvalue weighted by atomic mass is 16.8. The molecular formula is C9H12N2O5. The summed E-state index contributed by atoms with van der Waals surface area (Å²) in [4.78, 5) is 10.5. The number of hydrogen-bond acceptors (Lipinski definition) is 5. The summed E-state index contributed by atoms with van der Waals surface area (Å²) in [6.07, 6.45) is -1.36. The molecular weight excluding hydrogens is 216 g/mol. The monoisotopic (exact) mass is 228 g/mol. The van der Waals surface area contributed by atoms with E-state index < -0.39 is 23.3 Å². The molecule has 16 heavy (non-hydrogen) atoms. The van der Waals surface area contributed by atoms with Crippen LogP contribution in [-0.4, -0.2) is 27.4 Å². The SMILES string of the molecule is N[C@@H](C(=O)O)[C@H](O)c1ccc([NH+]([O-])O)cc1. The molecule has 0 bridgehead atoms. The molecule has 7 heteroatoms. The van der Waals surface area contributed by atoms with Crippen LogP contribution in [0.15, 0.2) is 24.3 Å². The smallest absolute Gasteiger partial charge is 0.323 e. The van der Waals surface area contributed by atoms with Gasteiger partial charge in [0.25, 0.3) is 0 Å². The Kier molecular flexibility index (Phi) is 3.93. The normalized spacial score (nSPS) is 16.5. The first-order chi connectivity index (χ1) is 7.43. The minimum absolute atomic E-state index is 0.0554. The van der Waals surface area contributed by atoms with E-state index in [-0.39, 0.29) is 11.3 Å². The average Bonchev–Trinajstić information content (AvgIpc) is 2.27. The molecule has 0 radical (unpaired) electrons. The van der Waals surface area contributed by atoms with E-state index in [9.17, 15) is 15.1 Å². The highest BCUT2D eigenvalue weighted by molar-refractivity contribution is 5.74. The number of nitrogens with two attached hydrogens (primary N) is 1. The van der Waals surface area contributed by atoms with Gasteiger partial charge in [-0.2, -0.15) is 5.23 Å².